The Bertz CT molecular complexity index is 755. The first-order valence-electron chi connectivity index (χ1n) is 7.06. The molecular weight excluding hydrogens is 307 g/mol. The topological polar surface area (TPSA) is 63.4 Å². The molecule has 5 nitrogen and oxygen atoms in total. The molecule has 2 aromatic rings. The molecule has 1 aromatic heterocycles. The Kier molecular flexibility index (Phi) is 4.01. The van der Waals surface area contributed by atoms with Crippen molar-refractivity contribution in [3.8, 4) is 0 Å². The molecule has 0 amide bonds. The Morgan fingerprint density at radius 1 is 1.36 bits per heavy atom. The SMILES string of the molecule is CS(=O)(=O)N1CC[C@H](c2ncc(Cc3ccc(F)cc3)o2)C1. The first kappa shape index (κ1) is 15.2. The summed E-state index contributed by atoms with van der Waals surface area (Å²) >= 11 is 0. The van der Waals surface area contributed by atoms with E-state index in [1.54, 1.807) is 18.3 Å². The molecule has 3 rings (SSSR count). The van der Waals surface area contributed by atoms with E-state index < -0.39 is 10.0 Å². The highest BCUT2D eigenvalue weighted by Gasteiger charge is 2.32. The molecule has 2 heterocycles. The van der Waals surface area contributed by atoms with Crippen LogP contribution in [0.15, 0.2) is 34.9 Å². The van der Waals surface area contributed by atoms with Crippen molar-refractivity contribution in [1.82, 2.24) is 9.29 Å². The van der Waals surface area contributed by atoms with Gasteiger partial charge in [-0.05, 0) is 24.1 Å². The first-order chi connectivity index (χ1) is 10.4. The van der Waals surface area contributed by atoms with Crippen LogP contribution in [0.5, 0.6) is 0 Å². The van der Waals surface area contributed by atoms with E-state index in [-0.39, 0.29) is 11.7 Å². The Balaban J connectivity index is 1.68. The van der Waals surface area contributed by atoms with Gasteiger partial charge in [0.05, 0.1) is 18.4 Å². The zero-order chi connectivity index (χ0) is 15.7. The molecular formula is C15H17FN2O3S. The maximum absolute atomic E-state index is 12.9. The lowest BCUT2D eigenvalue weighted by atomic mass is 10.1. The third kappa shape index (κ3) is 3.36. The van der Waals surface area contributed by atoms with Crippen LogP contribution in [-0.2, 0) is 16.4 Å². The van der Waals surface area contributed by atoms with E-state index >= 15 is 0 Å². The minimum Gasteiger partial charge on any atom is -0.445 e. The predicted octanol–water partition coefficient (Wildman–Crippen LogP) is 2.15. The molecule has 1 aliphatic heterocycles. The van der Waals surface area contributed by atoms with Crippen LogP contribution in [0.1, 0.15) is 29.6 Å². The molecule has 0 unspecified atom stereocenters. The summed E-state index contributed by atoms with van der Waals surface area (Å²) in [6.07, 6.45) is 4.12. The number of rotatable bonds is 4. The van der Waals surface area contributed by atoms with Crippen LogP contribution in [0.25, 0.3) is 0 Å². The van der Waals surface area contributed by atoms with E-state index in [4.69, 9.17) is 4.42 Å². The smallest absolute Gasteiger partial charge is 0.211 e. The summed E-state index contributed by atoms with van der Waals surface area (Å²) < 4.78 is 43.1. The quantitative estimate of drug-likeness (QED) is 0.864. The lowest BCUT2D eigenvalue weighted by Crippen LogP contribution is -2.27. The number of sulfonamides is 1. The highest BCUT2D eigenvalue weighted by molar-refractivity contribution is 7.88. The van der Waals surface area contributed by atoms with Gasteiger partial charge in [0, 0.05) is 19.5 Å². The molecule has 0 spiro atoms. The summed E-state index contributed by atoms with van der Waals surface area (Å²) in [5.41, 5.74) is 0.938. The summed E-state index contributed by atoms with van der Waals surface area (Å²) in [5.74, 6) is 0.994. The van der Waals surface area contributed by atoms with Crippen molar-refractivity contribution in [1.29, 1.82) is 0 Å². The molecule has 0 aliphatic carbocycles. The third-order valence-electron chi connectivity index (χ3n) is 3.83. The van der Waals surface area contributed by atoms with Crippen LogP contribution in [0.4, 0.5) is 4.39 Å². The van der Waals surface area contributed by atoms with E-state index in [0.29, 0.717) is 37.6 Å². The molecule has 1 aliphatic rings. The molecule has 1 fully saturated rings. The van der Waals surface area contributed by atoms with Crippen molar-refractivity contribution in [3.63, 3.8) is 0 Å². The Labute approximate surface area is 128 Å². The van der Waals surface area contributed by atoms with Crippen molar-refractivity contribution in [2.75, 3.05) is 19.3 Å². The summed E-state index contributed by atoms with van der Waals surface area (Å²) in [5, 5.41) is 0. The van der Waals surface area contributed by atoms with Gasteiger partial charge in [-0.2, -0.15) is 0 Å². The van der Waals surface area contributed by atoms with E-state index in [0.717, 1.165) is 5.56 Å². The van der Waals surface area contributed by atoms with Crippen LogP contribution in [0.2, 0.25) is 0 Å². The van der Waals surface area contributed by atoms with E-state index in [2.05, 4.69) is 4.98 Å². The lowest BCUT2D eigenvalue weighted by molar-refractivity contribution is 0.418. The average molecular weight is 324 g/mol. The Hall–Kier alpha value is -1.73. The molecule has 0 saturated carbocycles. The number of hydrogen-bond acceptors (Lipinski definition) is 4. The number of aromatic nitrogens is 1. The summed E-state index contributed by atoms with van der Waals surface area (Å²) in [6.45, 7) is 0.911. The second-order valence-electron chi connectivity index (χ2n) is 5.57. The van der Waals surface area contributed by atoms with Crippen molar-refractivity contribution in [3.05, 3.63) is 53.5 Å². The van der Waals surface area contributed by atoms with Gasteiger partial charge in [-0.25, -0.2) is 22.1 Å². The van der Waals surface area contributed by atoms with Crippen molar-refractivity contribution in [2.24, 2.45) is 0 Å². The van der Waals surface area contributed by atoms with Crippen molar-refractivity contribution in [2.45, 2.75) is 18.8 Å². The third-order valence-corrected chi connectivity index (χ3v) is 5.10. The predicted molar refractivity (Wildman–Crippen MR) is 79.5 cm³/mol. The second-order valence-corrected chi connectivity index (χ2v) is 7.56. The van der Waals surface area contributed by atoms with Gasteiger partial charge in [0.2, 0.25) is 10.0 Å². The summed E-state index contributed by atoms with van der Waals surface area (Å²) in [4.78, 5) is 4.27. The number of halogens is 1. The van der Waals surface area contributed by atoms with Gasteiger partial charge >= 0.3 is 0 Å². The number of nitrogens with zero attached hydrogens (tertiary/aromatic N) is 2. The first-order valence-corrected chi connectivity index (χ1v) is 8.91. The van der Waals surface area contributed by atoms with Crippen molar-refractivity contribution >= 4 is 10.0 Å². The Morgan fingerprint density at radius 3 is 2.73 bits per heavy atom. The molecule has 0 N–H and O–H groups in total. The van der Waals surface area contributed by atoms with Gasteiger partial charge in [0.1, 0.15) is 11.6 Å². The number of benzene rings is 1. The zero-order valence-corrected chi connectivity index (χ0v) is 13.0. The summed E-state index contributed by atoms with van der Waals surface area (Å²) in [7, 11) is -3.16. The normalized spacial score (nSPS) is 19.6. The largest absolute Gasteiger partial charge is 0.445 e. The highest BCUT2D eigenvalue weighted by Crippen LogP contribution is 2.28. The molecule has 1 aromatic carbocycles. The maximum Gasteiger partial charge on any atom is 0.211 e. The highest BCUT2D eigenvalue weighted by atomic mass is 32.2. The standard InChI is InChI=1S/C15H17FN2O3S/c1-22(19,20)18-7-6-12(10-18)15-17-9-14(21-15)8-11-2-4-13(16)5-3-11/h2-5,9,12H,6-8,10H2,1H3/t12-/m0/s1. The van der Waals surface area contributed by atoms with Gasteiger partial charge < -0.3 is 4.42 Å². The molecule has 1 atom stereocenters. The van der Waals surface area contributed by atoms with Crippen LogP contribution in [0, 0.1) is 5.82 Å². The van der Waals surface area contributed by atoms with Crippen LogP contribution < -0.4 is 0 Å². The minimum atomic E-state index is -3.16. The number of oxazole rings is 1. The lowest BCUT2D eigenvalue weighted by Gasteiger charge is -2.11. The molecule has 0 radical (unpaired) electrons. The fraction of sp³-hybridized carbons (Fsp3) is 0.400. The van der Waals surface area contributed by atoms with Crippen LogP contribution in [-0.4, -0.2) is 37.1 Å². The zero-order valence-electron chi connectivity index (χ0n) is 12.2. The van der Waals surface area contributed by atoms with Gasteiger partial charge in [0.25, 0.3) is 0 Å². The second kappa shape index (κ2) is 5.81. The maximum atomic E-state index is 12.9. The van der Waals surface area contributed by atoms with E-state index in [1.807, 2.05) is 0 Å². The molecule has 1 saturated heterocycles. The van der Waals surface area contributed by atoms with Gasteiger partial charge in [-0.3, -0.25) is 0 Å². The Morgan fingerprint density at radius 2 is 2.09 bits per heavy atom. The number of hydrogen-bond donors (Lipinski definition) is 0. The van der Waals surface area contributed by atoms with Gasteiger partial charge in [-0.15, -0.1) is 0 Å². The average Bonchev–Trinajstić information content (AvgIpc) is 3.09. The molecule has 0 bridgehead atoms. The minimum absolute atomic E-state index is 0.00306. The summed E-state index contributed by atoms with van der Waals surface area (Å²) in [6, 6.07) is 6.23. The fourth-order valence-corrected chi connectivity index (χ4v) is 3.52. The molecule has 22 heavy (non-hydrogen) atoms. The monoisotopic (exact) mass is 324 g/mol. The van der Waals surface area contributed by atoms with E-state index in [9.17, 15) is 12.8 Å². The van der Waals surface area contributed by atoms with Crippen LogP contribution in [0.3, 0.4) is 0 Å². The molecule has 118 valence electrons. The van der Waals surface area contributed by atoms with Crippen molar-refractivity contribution < 1.29 is 17.2 Å². The van der Waals surface area contributed by atoms with Gasteiger partial charge in [0.15, 0.2) is 5.89 Å². The van der Waals surface area contributed by atoms with Gasteiger partial charge in [-0.1, -0.05) is 12.1 Å². The fourth-order valence-electron chi connectivity index (χ4n) is 2.63. The van der Waals surface area contributed by atoms with E-state index in [1.165, 1.54) is 22.7 Å². The molecule has 7 heteroatoms. The van der Waals surface area contributed by atoms with Crippen LogP contribution >= 0.6 is 0 Å².